The fourth-order valence-corrected chi connectivity index (χ4v) is 1.98. The van der Waals surface area contributed by atoms with E-state index in [1.807, 2.05) is 6.07 Å². The maximum absolute atomic E-state index is 12.0. The van der Waals surface area contributed by atoms with Crippen LogP contribution in [0.1, 0.15) is 15.9 Å². The van der Waals surface area contributed by atoms with Crippen molar-refractivity contribution in [3.8, 4) is 6.07 Å². The number of anilines is 3. The molecule has 2 N–H and O–H groups in total. The van der Waals surface area contributed by atoms with E-state index in [-0.39, 0.29) is 5.91 Å². The summed E-state index contributed by atoms with van der Waals surface area (Å²) < 4.78 is 0. The molecule has 0 aliphatic rings. The third-order valence-corrected chi connectivity index (χ3v) is 3.14. The highest BCUT2D eigenvalue weighted by Gasteiger charge is 2.07. The molecule has 24 heavy (non-hydrogen) atoms. The van der Waals surface area contributed by atoms with E-state index >= 15 is 0 Å². The zero-order valence-corrected chi connectivity index (χ0v) is 12.5. The van der Waals surface area contributed by atoms with Crippen molar-refractivity contribution in [1.82, 2.24) is 15.2 Å². The summed E-state index contributed by atoms with van der Waals surface area (Å²) in [6, 6.07) is 15.8. The van der Waals surface area contributed by atoms with E-state index in [2.05, 4.69) is 31.9 Å². The molecule has 0 aliphatic heterocycles. The summed E-state index contributed by atoms with van der Waals surface area (Å²) in [5.41, 5.74) is 1.58. The van der Waals surface area contributed by atoms with Crippen molar-refractivity contribution in [2.75, 3.05) is 10.6 Å². The maximum Gasteiger partial charge on any atom is 0.258 e. The number of benzene rings is 1. The Balaban J connectivity index is 1.70. The summed E-state index contributed by atoms with van der Waals surface area (Å²) in [4.78, 5) is 15.9. The van der Waals surface area contributed by atoms with Gasteiger partial charge in [-0.2, -0.15) is 5.26 Å². The molecule has 0 fully saturated rings. The van der Waals surface area contributed by atoms with Gasteiger partial charge in [0.1, 0.15) is 6.07 Å². The van der Waals surface area contributed by atoms with Crippen molar-refractivity contribution >= 4 is 23.2 Å². The van der Waals surface area contributed by atoms with Crippen molar-refractivity contribution < 1.29 is 4.79 Å². The Kier molecular flexibility index (Phi) is 4.40. The van der Waals surface area contributed by atoms with Crippen LogP contribution < -0.4 is 10.6 Å². The minimum Gasteiger partial charge on any atom is -0.338 e. The van der Waals surface area contributed by atoms with Crippen LogP contribution in [0.4, 0.5) is 17.3 Å². The quantitative estimate of drug-likeness (QED) is 0.767. The number of amides is 1. The van der Waals surface area contributed by atoms with Gasteiger partial charge in [-0.25, -0.2) is 0 Å². The van der Waals surface area contributed by atoms with Crippen LogP contribution in [0.5, 0.6) is 0 Å². The number of para-hydroxylation sites is 1. The molecule has 0 radical (unpaired) electrons. The number of aromatic nitrogens is 3. The number of nitrogens with one attached hydrogen (secondary N) is 2. The zero-order chi connectivity index (χ0) is 16.8. The lowest BCUT2D eigenvalue weighted by Crippen LogP contribution is -2.13. The molecule has 0 saturated carbocycles. The van der Waals surface area contributed by atoms with E-state index in [9.17, 15) is 4.79 Å². The molecule has 0 aliphatic carbocycles. The molecular formula is C17H12N6O. The molecule has 116 valence electrons. The molecule has 2 heterocycles. The molecule has 0 spiro atoms. The number of pyridine rings is 1. The number of carbonyl (C=O) groups is 1. The molecule has 3 aromatic rings. The van der Waals surface area contributed by atoms with Gasteiger partial charge in [-0.05, 0) is 36.4 Å². The highest BCUT2D eigenvalue weighted by atomic mass is 16.1. The zero-order valence-electron chi connectivity index (χ0n) is 12.5. The third kappa shape index (κ3) is 3.51. The van der Waals surface area contributed by atoms with Crippen LogP contribution in [-0.4, -0.2) is 21.1 Å². The van der Waals surface area contributed by atoms with Gasteiger partial charge < -0.3 is 10.6 Å². The Morgan fingerprint density at radius 3 is 2.50 bits per heavy atom. The molecule has 2 aromatic heterocycles. The van der Waals surface area contributed by atoms with E-state index in [0.717, 1.165) is 0 Å². The summed E-state index contributed by atoms with van der Waals surface area (Å²) in [7, 11) is 0. The van der Waals surface area contributed by atoms with Gasteiger partial charge in [-0.1, -0.05) is 12.1 Å². The highest BCUT2D eigenvalue weighted by molar-refractivity contribution is 6.03. The topological polar surface area (TPSA) is 104 Å². The summed E-state index contributed by atoms with van der Waals surface area (Å²) in [5.74, 6) is 0.480. The van der Waals surface area contributed by atoms with E-state index < -0.39 is 0 Å². The molecule has 0 bridgehead atoms. The highest BCUT2D eigenvalue weighted by Crippen LogP contribution is 2.18. The van der Waals surface area contributed by atoms with E-state index in [4.69, 9.17) is 5.26 Å². The Hall–Kier alpha value is -3.79. The van der Waals surface area contributed by atoms with Gasteiger partial charge in [0.05, 0.1) is 16.8 Å². The van der Waals surface area contributed by atoms with Gasteiger partial charge in [-0.15, -0.1) is 10.2 Å². The number of rotatable bonds is 4. The predicted octanol–water partition coefficient (Wildman–Crippen LogP) is 2.74. The number of hydrogen-bond donors (Lipinski definition) is 2. The fraction of sp³-hybridized carbons (Fsp3) is 0. The SMILES string of the molecule is N#Cc1ccccc1Nc1ccc(NC(=O)c2cccnc2)nn1. The Bertz CT molecular complexity index is 887. The predicted molar refractivity (Wildman–Crippen MR) is 88.7 cm³/mol. The number of hydrogen-bond acceptors (Lipinski definition) is 6. The average molecular weight is 316 g/mol. The van der Waals surface area contributed by atoms with Crippen molar-refractivity contribution in [2.45, 2.75) is 0 Å². The van der Waals surface area contributed by atoms with Crippen LogP contribution in [0, 0.1) is 11.3 Å². The average Bonchev–Trinajstić information content (AvgIpc) is 2.64. The molecule has 7 nitrogen and oxygen atoms in total. The fourth-order valence-electron chi connectivity index (χ4n) is 1.98. The second-order valence-corrected chi connectivity index (χ2v) is 4.78. The van der Waals surface area contributed by atoms with E-state index in [1.165, 1.54) is 6.20 Å². The first-order valence-electron chi connectivity index (χ1n) is 7.07. The van der Waals surface area contributed by atoms with Gasteiger partial charge in [0.15, 0.2) is 11.6 Å². The van der Waals surface area contributed by atoms with Crippen molar-refractivity contribution in [2.24, 2.45) is 0 Å². The Morgan fingerprint density at radius 1 is 1.00 bits per heavy atom. The Labute approximate surface area is 138 Å². The van der Waals surface area contributed by atoms with Crippen LogP contribution >= 0.6 is 0 Å². The molecule has 3 rings (SSSR count). The first-order chi connectivity index (χ1) is 11.8. The van der Waals surface area contributed by atoms with Crippen LogP contribution in [0.15, 0.2) is 60.9 Å². The summed E-state index contributed by atoms with van der Waals surface area (Å²) >= 11 is 0. The van der Waals surface area contributed by atoms with Crippen molar-refractivity contribution in [3.63, 3.8) is 0 Å². The van der Waals surface area contributed by atoms with E-state index in [1.54, 1.807) is 48.7 Å². The summed E-state index contributed by atoms with van der Waals surface area (Å²) in [5, 5.41) is 22.7. The lowest BCUT2D eigenvalue weighted by atomic mass is 10.2. The lowest BCUT2D eigenvalue weighted by Gasteiger charge is -2.07. The summed E-state index contributed by atoms with van der Waals surface area (Å²) in [6.07, 6.45) is 3.06. The normalized spacial score (nSPS) is 9.79. The molecule has 1 aromatic carbocycles. The van der Waals surface area contributed by atoms with Gasteiger partial charge in [0, 0.05) is 12.4 Å². The number of carbonyl (C=O) groups excluding carboxylic acids is 1. The minimum absolute atomic E-state index is 0.312. The standard InChI is InChI=1S/C17H12N6O/c18-10-12-4-1-2-6-14(12)20-15-7-8-16(23-22-15)21-17(24)13-5-3-9-19-11-13/h1-9,11H,(H,20,22)(H,21,23,24). The minimum atomic E-state index is -0.312. The van der Waals surface area contributed by atoms with Crippen LogP contribution in [-0.2, 0) is 0 Å². The van der Waals surface area contributed by atoms with Gasteiger partial charge >= 0.3 is 0 Å². The monoisotopic (exact) mass is 316 g/mol. The largest absolute Gasteiger partial charge is 0.338 e. The smallest absolute Gasteiger partial charge is 0.258 e. The molecular weight excluding hydrogens is 304 g/mol. The van der Waals surface area contributed by atoms with Crippen molar-refractivity contribution in [3.05, 3.63) is 72.1 Å². The summed E-state index contributed by atoms with van der Waals surface area (Å²) in [6.45, 7) is 0. The molecule has 1 amide bonds. The molecule has 7 heteroatoms. The van der Waals surface area contributed by atoms with E-state index in [0.29, 0.717) is 28.5 Å². The van der Waals surface area contributed by atoms with Gasteiger partial charge in [0.2, 0.25) is 0 Å². The van der Waals surface area contributed by atoms with Gasteiger partial charge in [0.25, 0.3) is 5.91 Å². The molecule has 0 atom stereocenters. The second kappa shape index (κ2) is 6.98. The van der Waals surface area contributed by atoms with Crippen molar-refractivity contribution in [1.29, 1.82) is 5.26 Å². The van der Waals surface area contributed by atoms with Crippen LogP contribution in [0.3, 0.4) is 0 Å². The van der Waals surface area contributed by atoms with Crippen LogP contribution in [0.2, 0.25) is 0 Å². The first kappa shape index (κ1) is 15.1. The first-order valence-corrected chi connectivity index (χ1v) is 7.07. The van der Waals surface area contributed by atoms with Gasteiger partial charge in [-0.3, -0.25) is 9.78 Å². The second-order valence-electron chi connectivity index (χ2n) is 4.78. The number of nitriles is 1. The van der Waals surface area contributed by atoms with Crippen LogP contribution in [0.25, 0.3) is 0 Å². The number of nitrogens with zero attached hydrogens (tertiary/aromatic N) is 4. The third-order valence-electron chi connectivity index (χ3n) is 3.14. The maximum atomic E-state index is 12.0. The lowest BCUT2D eigenvalue weighted by molar-refractivity contribution is 0.102. The molecule has 0 saturated heterocycles. The Morgan fingerprint density at radius 2 is 1.79 bits per heavy atom. The molecule has 0 unspecified atom stereocenters.